The van der Waals surface area contributed by atoms with Crippen LogP contribution in [0, 0.1) is 0 Å². The lowest BCUT2D eigenvalue weighted by Crippen LogP contribution is -2.17. The highest BCUT2D eigenvalue weighted by Crippen LogP contribution is 2.47. The van der Waals surface area contributed by atoms with E-state index in [2.05, 4.69) is 53.7 Å². The molecule has 0 unspecified atom stereocenters. The van der Waals surface area contributed by atoms with E-state index in [1.54, 1.807) is 11.8 Å². The van der Waals surface area contributed by atoms with Crippen molar-refractivity contribution in [2.24, 2.45) is 0 Å². The molecule has 4 rings (SSSR count). The van der Waals surface area contributed by atoms with Gasteiger partial charge >= 0.3 is 0 Å². The lowest BCUT2D eigenvalue weighted by molar-refractivity contribution is -0.115. The normalized spacial score (nSPS) is 18.0. The lowest BCUT2D eigenvalue weighted by Gasteiger charge is -2.29. The van der Waals surface area contributed by atoms with Crippen LogP contribution in [0.1, 0.15) is 5.56 Å². The van der Waals surface area contributed by atoms with E-state index >= 15 is 0 Å². The van der Waals surface area contributed by atoms with Gasteiger partial charge in [0.05, 0.1) is 16.3 Å². The highest BCUT2D eigenvalue weighted by molar-refractivity contribution is 8.26. The van der Waals surface area contributed by atoms with Crippen molar-refractivity contribution in [3.05, 3.63) is 52.9 Å². The third kappa shape index (κ3) is 2.67. The number of thiocarbonyl (C=S) groups is 1. The van der Waals surface area contributed by atoms with Gasteiger partial charge in [-0.3, -0.25) is 4.79 Å². The van der Waals surface area contributed by atoms with Crippen molar-refractivity contribution < 1.29 is 4.79 Å². The molecule has 2 heterocycles. The van der Waals surface area contributed by atoms with Crippen LogP contribution in [0.3, 0.4) is 0 Å². The number of para-hydroxylation sites is 1. The average Bonchev–Trinajstić information content (AvgIpc) is 2.85. The summed E-state index contributed by atoms with van der Waals surface area (Å²) in [4.78, 5) is 17.1. The fourth-order valence-electron chi connectivity index (χ4n) is 2.62. The zero-order valence-electron chi connectivity index (χ0n) is 12.2. The molecule has 1 saturated heterocycles. The number of fused-ring (bicyclic) bond motifs is 2. The maximum atomic E-state index is 11.8. The van der Waals surface area contributed by atoms with Gasteiger partial charge in [-0.25, -0.2) is 0 Å². The maximum absolute atomic E-state index is 11.8. The molecule has 114 valence electrons. The first-order valence-electron chi connectivity index (χ1n) is 7.01. The third-order valence-electron chi connectivity index (χ3n) is 3.73. The highest BCUT2D eigenvalue weighted by atomic mass is 32.2. The van der Waals surface area contributed by atoms with Crippen molar-refractivity contribution in [2.45, 2.75) is 9.79 Å². The Bertz CT molecular complexity index is 876. The smallest absolute Gasteiger partial charge is 0.263 e. The van der Waals surface area contributed by atoms with Crippen LogP contribution in [0.25, 0.3) is 6.08 Å². The first-order valence-corrected chi connectivity index (χ1v) is 9.05. The summed E-state index contributed by atoms with van der Waals surface area (Å²) in [6, 6.07) is 14.6. The largest absolute Gasteiger partial charge is 0.343 e. The second-order valence-electron chi connectivity index (χ2n) is 5.21. The predicted molar refractivity (Wildman–Crippen MR) is 101 cm³/mol. The summed E-state index contributed by atoms with van der Waals surface area (Å²) in [6.07, 6.45) is 1.89. The van der Waals surface area contributed by atoms with Crippen LogP contribution in [0.15, 0.2) is 57.2 Å². The minimum absolute atomic E-state index is 0.118. The average molecular weight is 356 g/mol. The Morgan fingerprint density at radius 2 is 1.87 bits per heavy atom. The molecule has 2 aromatic carbocycles. The van der Waals surface area contributed by atoms with Gasteiger partial charge in [0.25, 0.3) is 5.91 Å². The molecule has 2 aliphatic rings. The number of hydrogen-bond acceptors (Lipinski definition) is 5. The molecule has 0 saturated carbocycles. The van der Waals surface area contributed by atoms with Gasteiger partial charge in [-0.1, -0.05) is 53.9 Å². The summed E-state index contributed by atoms with van der Waals surface area (Å²) in [5.41, 5.74) is 3.40. The zero-order valence-corrected chi connectivity index (χ0v) is 14.6. The van der Waals surface area contributed by atoms with E-state index in [0.717, 1.165) is 5.56 Å². The van der Waals surface area contributed by atoms with Crippen LogP contribution in [-0.2, 0) is 4.79 Å². The van der Waals surface area contributed by atoms with Crippen molar-refractivity contribution in [1.29, 1.82) is 0 Å². The molecule has 2 aliphatic heterocycles. The maximum Gasteiger partial charge on any atom is 0.263 e. The first-order chi connectivity index (χ1) is 11.1. The number of carbonyl (C=O) groups is 1. The number of benzene rings is 2. The molecule has 1 amide bonds. The SMILES string of the molecule is CN1c2ccccc2Sc2cc(/C=C3/SC(=S)NC3=O)ccc21. The van der Waals surface area contributed by atoms with Gasteiger partial charge in [0.1, 0.15) is 4.32 Å². The van der Waals surface area contributed by atoms with Crippen LogP contribution in [0.5, 0.6) is 0 Å². The third-order valence-corrected chi connectivity index (χ3v) is 6.01. The van der Waals surface area contributed by atoms with Gasteiger partial charge in [0.15, 0.2) is 0 Å². The van der Waals surface area contributed by atoms with Crippen molar-refractivity contribution in [1.82, 2.24) is 5.32 Å². The van der Waals surface area contributed by atoms with Crippen molar-refractivity contribution in [3.8, 4) is 0 Å². The minimum atomic E-state index is -0.118. The Balaban J connectivity index is 1.72. The molecule has 0 spiro atoms. The van der Waals surface area contributed by atoms with Gasteiger partial charge in [-0.2, -0.15) is 0 Å². The molecule has 3 nitrogen and oxygen atoms in total. The van der Waals surface area contributed by atoms with Crippen molar-refractivity contribution >= 4 is 63.4 Å². The minimum Gasteiger partial charge on any atom is -0.343 e. The summed E-state index contributed by atoms with van der Waals surface area (Å²) in [6.45, 7) is 0. The number of rotatable bonds is 1. The molecular formula is C17H12N2OS3. The van der Waals surface area contributed by atoms with Crippen LogP contribution < -0.4 is 10.2 Å². The Morgan fingerprint density at radius 1 is 1.09 bits per heavy atom. The number of anilines is 2. The molecule has 0 bridgehead atoms. The molecule has 0 atom stereocenters. The summed E-state index contributed by atoms with van der Waals surface area (Å²) >= 11 is 8.09. The molecule has 0 aromatic heterocycles. The van der Waals surface area contributed by atoms with E-state index < -0.39 is 0 Å². The van der Waals surface area contributed by atoms with Gasteiger partial charge in [-0.15, -0.1) is 0 Å². The molecule has 0 radical (unpaired) electrons. The number of hydrogen-bond donors (Lipinski definition) is 1. The van der Waals surface area contributed by atoms with Crippen LogP contribution in [0.2, 0.25) is 0 Å². The lowest BCUT2D eigenvalue weighted by atomic mass is 10.1. The van der Waals surface area contributed by atoms with E-state index in [0.29, 0.717) is 9.23 Å². The second kappa shape index (κ2) is 5.70. The van der Waals surface area contributed by atoms with Crippen LogP contribution in [-0.4, -0.2) is 17.3 Å². The van der Waals surface area contributed by atoms with Gasteiger partial charge in [0.2, 0.25) is 0 Å². The second-order valence-corrected chi connectivity index (χ2v) is 8.01. The van der Waals surface area contributed by atoms with E-state index in [1.807, 2.05) is 12.1 Å². The van der Waals surface area contributed by atoms with Crippen molar-refractivity contribution in [3.63, 3.8) is 0 Å². The molecular weight excluding hydrogens is 344 g/mol. The van der Waals surface area contributed by atoms with Gasteiger partial charge < -0.3 is 10.2 Å². The van der Waals surface area contributed by atoms with E-state index in [4.69, 9.17) is 12.2 Å². The molecule has 2 aromatic rings. The molecule has 1 fully saturated rings. The summed E-state index contributed by atoms with van der Waals surface area (Å²) in [7, 11) is 2.08. The molecule has 0 aliphatic carbocycles. The molecule has 23 heavy (non-hydrogen) atoms. The Kier molecular flexibility index (Phi) is 3.67. The Hall–Kier alpha value is -1.76. The Morgan fingerprint density at radius 3 is 2.65 bits per heavy atom. The standard InChI is InChI=1S/C17H12N2OS3/c1-19-11-4-2-3-5-13(11)22-14-8-10(6-7-12(14)19)9-15-16(20)18-17(21)23-15/h2-9H,1H3,(H,18,20,21)/b15-9+. The number of nitrogens with one attached hydrogen (secondary N) is 1. The van der Waals surface area contributed by atoms with Crippen LogP contribution in [0.4, 0.5) is 11.4 Å². The summed E-state index contributed by atoms with van der Waals surface area (Å²) in [5, 5.41) is 2.64. The number of carbonyl (C=O) groups excluding carboxylic acids is 1. The quantitative estimate of drug-likeness (QED) is 0.604. The van der Waals surface area contributed by atoms with Gasteiger partial charge in [0, 0.05) is 16.8 Å². The summed E-state index contributed by atoms with van der Waals surface area (Å²) < 4.78 is 0.516. The molecule has 6 heteroatoms. The Labute approximate surface area is 148 Å². The highest BCUT2D eigenvalue weighted by Gasteiger charge is 2.23. The number of thioether (sulfide) groups is 1. The molecule has 1 N–H and O–H groups in total. The van der Waals surface area contributed by atoms with Crippen molar-refractivity contribution in [2.75, 3.05) is 11.9 Å². The van der Waals surface area contributed by atoms with E-state index in [9.17, 15) is 4.79 Å². The first kappa shape index (κ1) is 14.8. The van der Waals surface area contributed by atoms with E-state index in [-0.39, 0.29) is 5.91 Å². The monoisotopic (exact) mass is 356 g/mol. The fourth-order valence-corrected chi connectivity index (χ4v) is 4.86. The predicted octanol–water partition coefficient (Wildman–Crippen LogP) is 4.41. The number of nitrogens with zero attached hydrogens (tertiary/aromatic N) is 1. The topological polar surface area (TPSA) is 32.3 Å². The fraction of sp³-hybridized carbons (Fsp3) is 0.0588. The van der Waals surface area contributed by atoms with Gasteiger partial charge in [-0.05, 0) is 35.9 Å². The zero-order chi connectivity index (χ0) is 16.0. The number of amides is 1. The summed E-state index contributed by atoms with van der Waals surface area (Å²) in [5.74, 6) is -0.118. The van der Waals surface area contributed by atoms with Crippen LogP contribution >= 0.6 is 35.7 Å². The van der Waals surface area contributed by atoms with E-state index in [1.165, 1.54) is 32.9 Å².